The maximum absolute atomic E-state index is 13.8. The van der Waals surface area contributed by atoms with Gasteiger partial charge in [0.05, 0.1) is 13.2 Å². The molecule has 0 fully saturated rings. The SMILES string of the molecule is COc1ccc(C(O)Cc2ccccc2Cl)c(F)c1. The smallest absolute Gasteiger partial charge is 0.132 e. The molecule has 0 heterocycles. The van der Waals surface area contributed by atoms with E-state index in [9.17, 15) is 9.50 Å². The molecule has 0 aliphatic rings. The molecule has 0 radical (unpaired) electrons. The van der Waals surface area contributed by atoms with Crippen molar-refractivity contribution in [3.63, 3.8) is 0 Å². The van der Waals surface area contributed by atoms with Gasteiger partial charge in [-0.3, -0.25) is 0 Å². The lowest BCUT2D eigenvalue weighted by Gasteiger charge is -2.13. The van der Waals surface area contributed by atoms with Crippen molar-refractivity contribution in [2.75, 3.05) is 7.11 Å². The summed E-state index contributed by atoms with van der Waals surface area (Å²) in [4.78, 5) is 0. The van der Waals surface area contributed by atoms with Crippen molar-refractivity contribution in [2.24, 2.45) is 0 Å². The van der Waals surface area contributed by atoms with Crippen LogP contribution in [-0.4, -0.2) is 12.2 Å². The Balaban J connectivity index is 2.21. The molecule has 2 nitrogen and oxygen atoms in total. The normalized spacial score (nSPS) is 12.2. The molecular formula is C15H14ClFO2. The van der Waals surface area contributed by atoms with Gasteiger partial charge in [0.2, 0.25) is 0 Å². The highest BCUT2D eigenvalue weighted by Crippen LogP contribution is 2.26. The highest BCUT2D eigenvalue weighted by Gasteiger charge is 2.15. The van der Waals surface area contributed by atoms with E-state index in [4.69, 9.17) is 16.3 Å². The third-order valence-corrected chi connectivity index (χ3v) is 3.31. The average molecular weight is 281 g/mol. The minimum atomic E-state index is -0.939. The fraction of sp³-hybridized carbons (Fsp3) is 0.200. The van der Waals surface area contributed by atoms with Crippen molar-refractivity contribution in [3.05, 3.63) is 64.4 Å². The van der Waals surface area contributed by atoms with Gasteiger partial charge >= 0.3 is 0 Å². The Labute approximate surface area is 116 Å². The molecule has 0 saturated heterocycles. The van der Waals surface area contributed by atoms with E-state index in [2.05, 4.69) is 0 Å². The largest absolute Gasteiger partial charge is 0.497 e. The highest BCUT2D eigenvalue weighted by atomic mass is 35.5. The summed E-state index contributed by atoms with van der Waals surface area (Å²) < 4.78 is 18.7. The summed E-state index contributed by atoms with van der Waals surface area (Å²) in [5, 5.41) is 10.7. The molecule has 0 aliphatic carbocycles. The van der Waals surface area contributed by atoms with Crippen molar-refractivity contribution in [1.82, 2.24) is 0 Å². The zero-order valence-electron chi connectivity index (χ0n) is 10.4. The Hall–Kier alpha value is -1.58. The summed E-state index contributed by atoms with van der Waals surface area (Å²) in [7, 11) is 1.47. The molecule has 100 valence electrons. The van der Waals surface area contributed by atoms with Crippen molar-refractivity contribution < 1.29 is 14.2 Å². The van der Waals surface area contributed by atoms with Gasteiger partial charge in [0.15, 0.2) is 0 Å². The molecule has 2 rings (SSSR count). The van der Waals surface area contributed by atoms with Gasteiger partial charge in [-0.2, -0.15) is 0 Å². The number of aliphatic hydroxyl groups excluding tert-OH is 1. The second-order valence-corrected chi connectivity index (χ2v) is 4.61. The monoisotopic (exact) mass is 280 g/mol. The van der Waals surface area contributed by atoms with E-state index in [1.165, 1.54) is 19.2 Å². The first-order valence-corrected chi connectivity index (χ1v) is 6.24. The predicted octanol–water partition coefficient (Wildman–Crippen LogP) is 3.76. The van der Waals surface area contributed by atoms with E-state index in [1.807, 2.05) is 18.2 Å². The number of halogens is 2. The first-order chi connectivity index (χ1) is 9.11. The van der Waals surface area contributed by atoms with Gasteiger partial charge in [-0.05, 0) is 23.8 Å². The maximum Gasteiger partial charge on any atom is 0.132 e. The molecule has 0 spiro atoms. The molecular weight excluding hydrogens is 267 g/mol. The molecule has 1 unspecified atom stereocenters. The third-order valence-electron chi connectivity index (χ3n) is 2.94. The standard InChI is InChI=1S/C15H14ClFO2/c1-19-11-6-7-12(14(17)9-11)15(18)8-10-4-2-3-5-13(10)16/h2-7,9,15,18H,8H2,1H3. The highest BCUT2D eigenvalue weighted by molar-refractivity contribution is 6.31. The number of rotatable bonds is 4. The number of benzene rings is 2. The molecule has 0 amide bonds. The van der Waals surface area contributed by atoms with E-state index in [1.54, 1.807) is 12.1 Å². The van der Waals surface area contributed by atoms with Crippen molar-refractivity contribution in [2.45, 2.75) is 12.5 Å². The number of hydrogen-bond acceptors (Lipinski definition) is 2. The van der Waals surface area contributed by atoms with Crippen molar-refractivity contribution in [1.29, 1.82) is 0 Å². The Morgan fingerprint density at radius 1 is 1.26 bits per heavy atom. The summed E-state index contributed by atoms with van der Waals surface area (Å²) in [6.45, 7) is 0. The third kappa shape index (κ3) is 3.25. The van der Waals surface area contributed by atoms with Crippen LogP contribution in [0.4, 0.5) is 4.39 Å². The first kappa shape index (κ1) is 13.8. The van der Waals surface area contributed by atoms with Gasteiger partial charge in [0, 0.05) is 23.1 Å². The van der Waals surface area contributed by atoms with Crippen LogP contribution >= 0.6 is 11.6 Å². The summed E-state index contributed by atoms with van der Waals surface area (Å²) in [5.74, 6) is -0.0647. The van der Waals surface area contributed by atoms with E-state index < -0.39 is 11.9 Å². The Bertz CT molecular complexity index is 572. The first-order valence-electron chi connectivity index (χ1n) is 5.86. The lowest BCUT2D eigenvalue weighted by Crippen LogP contribution is -2.05. The molecule has 2 aromatic rings. The lowest BCUT2D eigenvalue weighted by atomic mass is 10.0. The second kappa shape index (κ2) is 6.04. The van der Waals surface area contributed by atoms with Crippen LogP contribution in [0.2, 0.25) is 5.02 Å². The van der Waals surface area contributed by atoms with Crippen LogP contribution in [0.3, 0.4) is 0 Å². The number of hydrogen-bond donors (Lipinski definition) is 1. The summed E-state index contributed by atoms with van der Waals surface area (Å²) in [6, 6.07) is 11.6. The molecule has 2 aromatic carbocycles. The Kier molecular flexibility index (Phi) is 4.40. The van der Waals surface area contributed by atoms with Crippen molar-refractivity contribution in [3.8, 4) is 5.75 Å². The van der Waals surface area contributed by atoms with E-state index in [0.717, 1.165) is 5.56 Å². The number of ether oxygens (including phenoxy) is 1. The average Bonchev–Trinajstić information content (AvgIpc) is 2.41. The van der Waals surface area contributed by atoms with Gasteiger partial charge in [0.1, 0.15) is 11.6 Å². The van der Waals surface area contributed by atoms with Crippen molar-refractivity contribution >= 4 is 11.6 Å². The van der Waals surface area contributed by atoms with Gasteiger partial charge in [-0.15, -0.1) is 0 Å². The van der Waals surface area contributed by atoms with E-state index >= 15 is 0 Å². The molecule has 19 heavy (non-hydrogen) atoms. The zero-order valence-corrected chi connectivity index (χ0v) is 11.2. The number of methoxy groups -OCH3 is 1. The van der Waals surface area contributed by atoms with Gasteiger partial charge in [-0.1, -0.05) is 29.8 Å². The molecule has 0 saturated carbocycles. The Morgan fingerprint density at radius 2 is 2.00 bits per heavy atom. The van der Waals surface area contributed by atoms with Crippen LogP contribution in [0.15, 0.2) is 42.5 Å². The number of aliphatic hydroxyl groups is 1. The molecule has 0 aromatic heterocycles. The fourth-order valence-electron chi connectivity index (χ4n) is 1.89. The fourth-order valence-corrected chi connectivity index (χ4v) is 2.10. The van der Waals surface area contributed by atoms with Gasteiger partial charge in [0.25, 0.3) is 0 Å². The van der Waals surface area contributed by atoms with Crippen LogP contribution in [-0.2, 0) is 6.42 Å². The van der Waals surface area contributed by atoms with E-state index in [0.29, 0.717) is 10.8 Å². The van der Waals surface area contributed by atoms with Crippen LogP contribution in [0.5, 0.6) is 5.75 Å². The zero-order chi connectivity index (χ0) is 13.8. The van der Waals surface area contributed by atoms with E-state index in [-0.39, 0.29) is 12.0 Å². The lowest BCUT2D eigenvalue weighted by molar-refractivity contribution is 0.173. The molecule has 4 heteroatoms. The van der Waals surface area contributed by atoms with Gasteiger partial charge < -0.3 is 9.84 Å². The Morgan fingerprint density at radius 3 is 2.63 bits per heavy atom. The topological polar surface area (TPSA) is 29.5 Å². The minimum Gasteiger partial charge on any atom is -0.497 e. The molecule has 1 N–H and O–H groups in total. The summed E-state index contributed by atoms with van der Waals surface area (Å²) in [6.07, 6.45) is -0.672. The van der Waals surface area contributed by atoms with Crippen LogP contribution in [0, 0.1) is 5.82 Å². The van der Waals surface area contributed by atoms with Crippen LogP contribution < -0.4 is 4.74 Å². The maximum atomic E-state index is 13.8. The second-order valence-electron chi connectivity index (χ2n) is 4.20. The quantitative estimate of drug-likeness (QED) is 0.924. The molecule has 0 aliphatic heterocycles. The minimum absolute atomic E-state index is 0.237. The van der Waals surface area contributed by atoms with Crippen LogP contribution in [0.1, 0.15) is 17.2 Å². The van der Waals surface area contributed by atoms with Crippen LogP contribution in [0.25, 0.3) is 0 Å². The molecule has 1 atom stereocenters. The predicted molar refractivity (Wildman–Crippen MR) is 73.1 cm³/mol. The summed E-state index contributed by atoms with van der Waals surface area (Å²) in [5.41, 5.74) is 1.02. The summed E-state index contributed by atoms with van der Waals surface area (Å²) >= 11 is 6.02. The molecule has 0 bridgehead atoms. The van der Waals surface area contributed by atoms with Gasteiger partial charge in [-0.25, -0.2) is 4.39 Å².